The minimum atomic E-state index is -0.0481. The van der Waals surface area contributed by atoms with Gasteiger partial charge in [0.25, 0.3) is 0 Å². The molecule has 4 heteroatoms. The van der Waals surface area contributed by atoms with E-state index in [0.29, 0.717) is 29.3 Å². The summed E-state index contributed by atoms with van der Waals surface area (Å²) in [5, 5.41) is 3.73. The molecule has 0 atom stereocenters. The zero-order valence-electron chi connectivity index (χ0n) is 11.2. The molecule has 0 bridgehead atoms. The number of anilines is 1. The molecule has 104 valence electrons. The number of hydrogen-bond acceptors (Lipinski definition) is 3. The van der Waals surface area contributed by atoms with Gasteiger partial charge in [-0.2, -0.15) is 0 Å². The number of methoxy groups -OCH3 is 1. The lowest BCUT2D eigenvalue weighted by Gasteiger charge is -2.11. The molecule has 0 aromatic heterocycles. The Kier molecular flexibility index (Phi) is 5.16. The summed E-state index contributed by atoms with van der Waals surface area (Å²) in [5.41, 5.74) is 1.98. The van der Waals surface area contributed by atoms with Gasteiger partial charge in [0.05, 0.1) is 6.61 Å². The maximum absolute atomic E-state index is 12.5. The lowest BCUT2D eigenvalue weighted by atomic mass is 10.0. The maximum atomic E-state index is 12.5. The van der Waals surface area contributed by atoms with Crippen molar-refractivity contribution in [2.24, 2.45) is 0 Å². The van der Waals surface area contributed by atoms with Crippen LogP contribution in [0.5, 0.6) is 0 Å². The van der Waals surface area contributed by atoms with E-state index in [1.165, 1.54) is 0 Å². The van der Waals surface area contributed by atoms with Gasteiger partial charge in [-0.3, -0.25) is 4.79 Å². The molecule has 2 rings (SSSR count). The quantitative estimate of drug-likeness (QED) is 0.652. The van der Waals surface area contributed by atoms with Crippen LogP contribution in [0.25, 0.3) is 0 Å². The number of benzene rings is 2. The van der Waals surface area contributed by atoms with E-state index >= 15 is 0 Å². The van der Waals surface area contributed by atoms with Crippen LogP contribution in [0.2, 0.25) is 5.02 Å². The van der Waals surface area contributed by atoms with Crippen molar-refractivity contribution in [3.63, 3.8) is 0 Å². The minimum absolute atomic E-state index is 0.0481. The molecule has 2 aromatic rings. The molecule has 3 nitrogen and oxygen atoms in total. The van der Waals surface area contributed by atoms with E-state index in [0.717, 1.165) is 5.69 Å². The molecule has 2 aromatic carbocycles. The number of rotatable bonds is 6. The predicted octanol–water partition coefficient (Wildman–Crippen LogP) is 3.63. The lowest BCUT2D eigenvalue weighted by Crippen LogP contribution is -2.12. The predicted molar refractivity (Wildman–Crippen MR) is 81.7 cm³/mol. The maximum Gasteiger partial charge on any atom is 0.195 e. The third-order valence-electron chi connectivity index (χ3n) is 2.88. The van der Waals surface area contributed by atoms with Crippen LogP contribution in [0.15, 0.2) is 48.5 Å². The first-order valence-corrected chi connectivity index (χ1v) is 6.72. The van der Waals surface area contributed by atoms with Gasteiger partial charge in [0.15, 0.2) is 5.78 Å². The van der Waals surface area contributed by atoms with Crippen molar-refractivity contribution in [1.29, 1.82) is 0 Å². The monoisotopic (exact) mass is 289 g/mol. The molecule has 0 spiro atoms. The molecule has 0 saturated carbocycles. The molecule has 0 aliphatic carbocycles. The van der Waals surface area contributed by atoms with Crippen LogP contribution in [0, 0.1) is 0 Å². The fraction of sp³-hybridized carbons (Fsp3) is 0.188. The van der Waals surface area contributed by atoms with Gasteiger partial charge in [-0.1, -0.05) is 41.9 Å². The van der Waals surface area contributed by atoms with E-state index in [-0.39, 0.29) is 5.78 Å². The molecule has 0 amide bonds. The molecule has 0 heterocycles. The van der Waals surface area contributed by atoms with Crippen LogP contribution in [0.4, 0.5) is 5.69 Å². The van der Waals surface area contributed by atoms with E-state index in [2.05, 4.69) is 5.32 Å². The third kappa shape index (κ3) is 3.59. The number of ether oxygens (including phenoxy) is 1. The minimum Gasteiger partial charge on any atom is -0.383 e. The highest BCUT2D eigenvalue weighted by Gasteiger charge is 2.13. The summed E-state index contributed by atoms with van der Waals surface area (Å²) in [6.45, 7) is 1.20. The topological polar surface area (TPSA) is 38.3 Å². The van der Waals surface area contributed by atoms with Crippen LogP contribution in [0.3, 0.4) is 0 Å². The van der Waals surface area contributed by atoms with Crippen molar-refractivity contribution in [3.05, 3.63) is 64.7 Å². The summed E-state index contributed by atoms with van der Waals surface area (Å²) in [5.74, 6) is -0.0481. The first-order valence-electron chi connectivity index (χ1n) is 6.34. The molecule has 0 saturated heterocycles. The second kappa shape index (κ2) is 7.08. The van der Waals surface area contributed by atoms with Crippen LogP contribution in [-0.2, 0) is 4.74 Å². The number of hydrogen-bond donors (Lipinski definition) is 1. The summed E-state index contributed by atoms with van der Waals surface area (Å²) in [4.78, 5) is 12.5. The van der Waals surface area contributed by atoms with Gasteiger partial charge in [-0.05, 0) is 18.2 Å². The third-order valence-corrected chi connectivity index (χ3v) is 3.12. The summed E-state index contributed by atoms with van der Waals surface area (Å²) in [6, 6.07) is 14.4. The van der Waals surface area contributed by atoms with Gasteiger partial charge in [-0.15, -0.1) is 0 Å². The average molecular weight is 290 g/mol. The van der Waals surface area contributed by atoms with Gasteiger partial charge in [-0.25, -0.2) is 0 Å². The van der Waals surface area contributed by atoms with Crippen molar-refractivity contribution < 1.29 is 9.53 Å². The molecular formula is C16H16ClNO2. The van der Waals surface area contributed by atoms with E-state index in [1.807, 2.05) is 24.3 Å². The average Bonchev–Trinajstić information content (AvgIpc) is 2.49. The summed E-state index contributed by atoms with van der Waals surface area (Å²) >= 11 is 6.00. The zero-order chi connectivity index (χ0) is 14.4. The van der Waals surface area contributed by atoms with Gasteiger partial charge in [0, 0.05) is 35.5 Å². The number of halogens is 1. The molecule has 20 heavy (non-hydrogen) atoms. The van der Waals surface area contributed by atoms with Crippen LogP contribution in [0.1, 0.15) is 15.9 Å². The molecule has 0 aliphatic heterocycles. The molecule has 1 N–H and O–H groups in total. The summed E-state index contributed by atoms with van der Waals surface area (Å²) < 4.78 is 5.00. The van der Waals surface area contributed by atoms with E-state index in [4.69, 9.17) is 16.3 Å². The second-order valence-electron chi connectivity index (χ2n) is 4.30. The van der Waals surface area contributed by atoms with Crippen LogP contribution in [-0.4, -0.2) is 26.0 Å². The SMILES string of the molecule is COCCNc1ccc(Cl)cc1C(=O)c1ccccc1. The largest absolute Gasteiger partial charge is 0.383 e. The van der Waals surface area contributed by atoms with Crippen LogP contribution < -0.4 is 5.32 Å². The smallest absolute Gasteiger partial charge is 0.195 e. The Labute approximate surface area is 123 Å². The normalized spacial score (nSPS) is 10.3. The molecule has 0 radical (unpaired) electrons. The molecular weight excluding hydrogens is 274 g/mol. The second-order valence-corrected chi connectivity index (χ2v) is 4.74. The summed E-state index contributed by atoms with van der Waals surface area (Å²) in [7, 11) is 1.64. The van der Waals surface area contributed by atoms with Crippen molar-refractivity contribution >= 4 is 23.1 Å². The van der Waals surface area contributed by atoms with Crippen molar-refractivity contribution in [2.45, 2.75) is 0 Å². The molecule has 0 aliphatic rings. The zero-order valence-corrected chi connectivity index (χ0v) is 12.0. The highest BCUT2D eigenvalue weighted by Crippen LogP contribution is 2.23. The van der Waals surface area contributed by atoms with Gasteiger partial charge in [0.1, 0.15) is 0 Å². The fourth-order valence-corrected chi connectivity index (χ4v) is 2.06. The Morgan fingerprint density at radius 2 is 1.95 bits per heavy atom. The Bertz CT molecular complexity index is 584. The highest BCUT2D eigenvalue weighted by molar-refractivity contribution is 6.31. The Balaban J connectivity index is 2.29. The van der Waals surface area contributed by atoms with Gasteiger partial charge < -0.3 is 10.1 Å². The molecule has 0 fully saturated rings. The lowest BCUT2D eigenvalue weighted by molar-refractivity contribution is 0.103. The Hall–Kier alpha value is -1.84. The van der Waals surface area contributed by atoms with Crippen molar-refractivity contribution in [2.75, 3.05) is 25.6 Å². The summed E-state index contributed by atoms with van der Waals surface area (Å²) in [6.07, 6.45) is 0. The van der Waals surface area contributed by atoms with E-state index in [1.54, 1.807) is 31.4 Å². The number of ketones is 1. The first kappa shape index (κ1) is 14.6. The Morgan fingerprint density at radius 1 is 1.20 bits per heavy atom. The Morgan fingerprint density at radius 3 is 2.65 bits per heavy atom. The van der Waals surface area contributed by atoms with Gasteiger partial charge >= 0.3 is 0 Å². The van der Waals surface area contributed by atoms with Gasteiger partial charge in [0.2, 0.25) is 0 Å². The van der Waals surface area contributed by atoms with E-state index in [9.17, 15) is 4.79 Å². The first-order chi connectivity index (χ1) is 9.72. The number of carbonyl (C=O) groups excluding carboxylic acids is 1. The standard InChI is InChI=1S/C16H16ClNO2/c1-20-10-9-18-15-8-7-13(17)11-14(15)16(19)12-5-3-2-4-6-12/h2-8,11,18H,9-10H2,1H3. The van der Waals surface area contributed by atoms with Crippen molar-refractivity contribution in [1.82, 2.24) is 0 Å². The number of nitrogens with one attached hydrogen (secondary N) is 1. The van der Waals surface area contributed by atoms with Crippen molar-refractivity contribution in [3.8, 4) is 0 Å². The highest BCUT2D eigenvalue weighted by atomic mass is 35.5. The van der Waals surface area contributed by atoms with E-state index < -0.39 is 0 Å². The van der Waals surface area contributed by atoms with Crippen LogP contribution >= 0.6 is 11.6 Å². The molecule has 0 unspecified atom stereocenters. The number of carbonyl (C=O) groups is 1. The fourth-order valence-electron chi connectivity index (χ4n) is 1.89.